The van der Waals surface area contributed by atoms with Crippen LogP contribution in [0.5, 0.6) is 11.6 Å². The lowest BCUT2D eigenvalue weighted by Gasteiger charge is -2.09. The molecule has 0 spiro atoms. The van der Waals surface area contributed by atoms with E-state index in [1.807, 2.05) is 6.92 Å². The van der Waals surface area contributed by atoms with Crippen molar-refractivity contribution in [3.05, 3.63) is 52.9 Å². The molecule has 2 aromatic rings. The predicted octanol–water partition coefficient (Wildman–Crippen LogP) is 3.78. The second-order valence-corrected chi connectivity index (χ2v) is 4.36. The predicted molar refractivity (Wildman–Crippen MR) is 73.1 cm³/mol. The molecule has 0 bridgehead atoms. The van der Waals surface area contributed by atoms with Crippen molar-refractivity contribution >= 4 is 11.6 Å². The Kier molecular flexibility index (Phi) is 4.71. The van der Waals surface area contributed by atoms with Gasteiger partial charge in [-0.05, 0) is 36.9 Å². The Hall–Kier alpha value is -1.65. The van der Waals surface area contributed by atoms with Gasteiger partial charge in [0.25, 0.3) is 5.88 Å². The molecule has 0 aliphatic heterocycles. The molecule has 1 heterocycles. The fraction of sp³-hybridized carbons (Fsp3) is 0.214. The molecule has 1 aromatic carbocycles. The molecule has 0 atom stereocenters. The Morgan fingerprint density at radius 3 is 2.68 bits per heavy atom. The summed E-state index contributed by atoms with van der Waals surface area (Å²) in [7, 11) is 0. The SMILES string of the molecule is CCNCc1ccnc(Oc2ccc(Cl)cc2)c1F. The average Bonchev–Trinajstić information content (AvgIpc) is 2.42. The van der Waals surface area contributed by atoms with Gasteiger partial charge in [0.2, 0.25) is 0 Å². The Balaban J connectivity index is 2.18. The van der Waals surface area contributed by atoms with Gasteiger partial charge in [-0.25, -0.2) is 9.37 Å². The minimum Gasteiger partial charge on any atom is -0.436 e. The number of rotatable bonds is 5. The molecule has 0 radical (unpaired) electrons. The maximum atomic E-state index is 14.1. The lowest BCUT2D eigenvalue weighted by molar-refractivity contribution is 0.417. The van der Waals surface area contributed by atoms with Crippen LogP contribution >= 0.6 is 11.6 Å². The lowest BCUT2D eigenvalue weighted by atomic mass is 10.2. The zero-order valence-electron chi connectivity index (χ0n) is 10.5. The van der Waals surface area contributed by atoms with Gasteiger partial charge in [0, 0.05) is 23.3 Å². The summed E-state index contributed by atoms with van der Waals surface area (Å²) in [5.74, 6) is 0.0209. The summed E-state index contributed by atoms with van der Waals surface area (Å²) < 4.78 is 19.5. The summed E-state index contributed by atoms with van der Waals surface area (Å²) >= 11 is 5.77. The van der Waals surface area contributed by atoms with Crippen molar-refractivity contribution in [2.24, 2.45) is 0 Å². The van der Waals surface area contributed by atoms with Gasteiger partial charge in [0.1, 0.15) is 5.75 Å². The van der Waals surface area contributed by atoms with E-state index in [0.29, 0.717) is 22.9 Å². The molecule has 5 heteroatoms. The average molecular weight is 281 g/mol. The van der Waals surface area contributed by atoms with E-state index in [1.54, 1.807) is 30.3 Å². The smallest absolute Gasteiger partial charge is 0.256 e. The van der Waals surface area contributed by atoms with Crippen molar-refractivity contribution in [2.75, 3.05) is 6.54 Å². The summed E-state index contributed by atoms with van der Waals surface area (Å²) in [6, 6.07) is 8.32. The van der Waals surface area contributed by atoms with Crippen LogP contribution in [-0.4, -0.2) is 11.5 Å². The van der Waals surface area contributed by atoms with E-state index < -0.39 is 5.82 Å². The van der Waals surface area contributed by atoms with E-state index in [1.165, 1.54) is 6.20 Å². The van der Waals surface area contributed by atoms with Crippen LogP contribution in [0.15, 0.2) is 36.5 Å². The van der Waals surface area contributed by atoms with Crippen molar-refractivity contribution in [3.63, 3.8) is 0 Å². The molecule has 100 valence electrons. The number of hydrogen-bond donors (Lipinski definition) is 1. The summed E-state index contributed by atoms with van der Waals surface area (Å²) in [5.41, 5.74) is 0.529. The highest BCUT2D eigenvalue weighted by Gasteiger charge is 2.11. The zero-order valence-corrected chi connectivity index (χ0v) is 11.2. The number of hydrogen-bond acceptors (Lipinski definition) is 3. The van der Waals surface area contributed by atoms with Gasteiger partial charge in [0.05, 0.1) is 0 Å². The lowest BCUT2D eigenvalue weighted by Crippen LogP contribution is -2.13. The molecule has 0 aliphatic carbocycles. The first-order valence-corrected chi connectivity index (χ1v) is 6.36. The van der Waals surface area contributed by atoms with Gasteiger partial charge < -0.3 is 10.1 Å². The third kappa shape index (κ3) is 3.66. The Labute approximate surface area is 116 Å². The minimum absolute atomic E-state index is 0.0299. The van der Waals surface area contributed by atoms with Gasteiger partial charge in [-0.2, -0.15) is 0 Å². The van der Waals surface area contributed by atoms with Gasteiger partial charge in [-0.15, -0.1) is 0 Å². The van der Waals surface area contributed by atoms with Crippen LogP contribution in [0.2, 0.25) is 5.02 Å². The molecular weight excluding hydrogens is 267 g/mol. The summed E-state index contributed by atoms with van der Waals surface area (Å²) in [5, 5.41) is 3.66. The largest absolute Gasteiger partial charge is 0.436 e. The summed E-state index contributed by atoms with van der Waals surface area (Å²) in [4.78, 5) is 3.91. The number of pyridine rings is 1. The summed E-state index contributed by atoms with van der Waals surface area (Å²) in [6.45, 7) is 3.18. The molecular formula is C14H14ClFN2O. The fourth-order valence-electron chi connectivity index (χ4n) is 1.54. The molecule has 0 aliphatic rings. The first kappa shape index (κ1) is 13.8. The zero-order chi connectivity index (χ0) is 13.7. The van der Waals surface area contributed by atoms with E-state index in [9.17, 15) is 4.39 Å². The van der Waals surface area contributed by atoms with E-state index in [0.717, 1.165) is 6.54 Å². The number of nitrogens with zero attached hydrogens (tertiary/aromatic N) is 1. The number of nitrogens with one attached hydrogen (secondary N) is 1. The number of halogens is 2. The summed E-state index contributed by atoms with van der Waals surface area (Å²) in [6.07, 6.45) is 1.53. The topological polar surface area (TPSA) is 34.2 Å². The van der Waals surface area contributed by atoms with Crippen molar-refractivity contribution < 1.29 is 9.13 Å². The fourth-order valence-corrected chi connectivity index (χ4v) is 1.67. The standard InChI is InChI=1S/C14H14ClFN2O/c1-2-17-9-10-7-8-18-14(13(10)16)19-12-5-3-11(15)4-6-12/h3-8,17H,2,9H2,1H3. The van der Waals surface area contributed by atoms with Crippen LogP contribution in [0.1, 0.15) is 12.5 Å². The maximum absolute atomic E-state index is 14.1. The molecule has 0 fully saturated rings. The molecule has 3 nitrogen and oxygen atoms in total. The number of benzene rings is 1. The monoisotopic (exact) mass is 280 g/mol. The molecule has 0 unspecified atom stereocenters. The quantitative estimate of drug-likeness (QED) is 0.905. The maximum Gasteiger partial charge on any atom is 0.256 e. The van der Waals surface area contributed by atoms with Crippen LogP contribution in [0.25, 0.3) is 0 Å². The highest BCUT2D eigenvalue weighted by atomic mass is 35.5. The van der Waals surface area contributed by atoms with Gasteiger partial charge in [-0.1, -0.05) is 18.5 Å². The Morgan fingerprint density at radius 1 is 1.26 bits per heavy atom. The van der Waals surface area contributed by atoms with Gasteiger partial charge in [-0.3, -0.25) is 0 Å². The molecule has 0 saturated heterocycles. The Morgan fingerprint density at radius 2 is 2.00 bits per heavy atom. The number of ether oxygens (including phenoxy) is 1. The van der Waals surface area contributed by atoms with E-state index in [2.05, 4.69) is 10.3 Å². The van der Waals surface area contributed by atoms with Crippen LogP contribution in [0.4, 0.5) is 4.39 Å². The number of aromatic nitrogens is 1. The van der Waals surface area contributed by atoms with Crippen LogP contribution in [-0.2, 0) is 6.54 Å². The molecule has 0 saturated carbocycles. The highest BCUT2D eigenvalue weighted by molar-refractivity contribution is 6.30. The van der Waals surface area contributed by atoms with Gasteiger partial charge in [0.15, 0.2) is 5.82 Å². The molecule has 0 amide bonds. The van der Waals surface area contributed by atoms with Crippen LogP contribution in [0.3, 0.4) is 0 Å². The first-order chi connectivity index (χ1) is 9.20. The normalized spacial score (nSPS) is 10.5. The molecule has 1 N–H and O–H groups in total. The van der Waals surface area contributed by atoms with E-state index in [-0.39, 0.29) is 5.88 Å². The van der Waals surface area contributed by atoms with Crippen LogP contribution < -0.4 is 10.1 Å². The van der Waals surface area contributed by atoms with Crippen molar-refractivity contribution in [1.82, 2.24) is 10.3 Å². The van der Waals surface area contributed by atoms with Crippen molar-refractivity contribution in [2.45, 2.75) is 13.5 Å². The third-order valence-corrected chi connectivity index (χ3v) is 2.78. The third-order valence-electron chi connectivity index (χ3n) is 2.53. The molecule has 19 heavy (non-hydrogen) atoms. The van der Waals surface area contributed by atoms with E-state index in [4.69, 9.17) is 16.3 Å². The second-order valence-electron chi connectivity index (χ2n) is 3.93. The first-order valence-electron chi connectivity index (χ1n) is 5.98. The van der Waals surface area contributed by atoms with Crippen LogP contribution in [0, 0.1) is 5.82 Å². The van der Waals surface area contributed by atoms with E-state index >= 15 is 0 Å². The van der Waals surface area contributed by atoms with Crippen molar-refractivity contribution in [3.8, 4) is 11.6 Å². The highest BCUT2D eigenvalue weighted by Crippen LogP contribution is 2.25. The molecule has 2 rings (SSSR count). The Bertz CT molecular complexity index is 546. The minimum atomic E-state index is -0.446. The van der Waals surface area contributed by atoms with Crippen molar-refractivity contribution in [1.29, 1.82) is 0 Å². The second kappa shape index (κ2) is 6.50. The molecule has 1 aromatic heterocycles. The van der Waals surface area contributed by atoms with Gasteiger partial charge >= 0.3 is 0 Å².